The number of ketones is 2. The van der Waals surface area contributed by atoms with Crippen LogP contribution in [0.2, 0.25) is 0 Å². The first-order valence-corrected chi connectivity index (χ1v) is 13.9. The van der Waals surface area contributed by atoms with Gasteiger partial charge in [0.2, 0.25) is 0 Å². The topological polar surface area (TPSA) is 60.4 Å². The SMILES string of the molecule is CC1(C)CC[C@@]23CC[C@]4(C)[C@](OC2=O)(C(=O)C[C@@H]2[C@@]5(C)CCC(=O)C(C)(C)[C@@H]5CC[C@]24C)C3C1. The molecule has 4 heteroatoms. The van der Waals surface area contributed by atoms with E-state index in [1.807, 2.05) is 0 Å². The molecule has 1 saturated heterocycles. The van der Waals surface area contributed by atoms with Crippen molar-refractivity contribution in [3.8, 4) is 0 Å². The molecule has 8 atom stereocenters. The van der Waals surface area contributed by atoms with Crippen LogP contribution in [0, 0.1) is 50.2 Å². The molecular formula is C30H44O4. The maximum absolute atomic E-state index is 14.5. The average molecular weight is 469 g/mol. The highest BCUT2D eigenvalue weighted by molar-refractivity contribution is 5.98. The van der Waals surface area contributed by atoms with E-state index < -0.39 is 11.0 Å². The summed E-state index contributed by atoms with van der Waals surface area (Å²) in [6.45, 7) is 16.0. The van der Waals surface area contributed by atoms with Gasteiger partial charge >= 0.3 is 5.97 Å². The lowest BCUT2D eigenvalue weighted by Gasteiger charge is -2.72. The molecule has 2 bridgehead atoms. The van der Waals surface area contributed by atoms with Gasteiger partial charge in [-0.3, -0.25) is 14.4 Å². The van der Waals surface area contributed by atoms with Crippen LogP contribution < -0.4 is 0 Å². The fourth-order valence-corrected chi connectivity index (χ4v) is 11.3. The number of esters is 1. The predicted octanol–water partition coefficient (Wildman–Crippen LogP) is 6.30. The number of ether oxygens (including phenoxy) is 1. The van der Waals surface area contributed by atoms with Crippen molar-refractivity contribution in [2.24, 2.45) is 50.2 Å². The second-order valence-corrected chi connectivity index (χ2v) is 15.4. The van der Waals surface area contributed by atoms with Gasteiger partial charge in [-0.15, -0.1) is 0 Å². The van der Waals surface area contributed by atoms with Gasteiger partial charge in [0, 0.05) is 29.6 Å². The number of fused-ring (bicyclic) bond motifs is 4. The van der Waals surface area contributed by atoms with E-state index in [1.165, 1.54) is 0 Å². The minimum atomic E-state index is -0.964. The van der Waals surface area contributed by atoms with Crippen LogP contribution in [-0.4, -0.2) is 23.1 Å². The van der Waals surface area contributed by atoms with Crippen molar-refractivity contribution in [3.63, 3.8) is 0 Å². The monoisotopic (exact) mass is 468 g/mol. The van der Waals surface area contributed by atoms with E-state index in [0.717, 1.165) is 51.4 Å². The molecule has 6 aliphatic rings. The minimum absolute atomic E-state index is 0.00943. The summed E-state index contributed by atoms with van der Waals surface area (Å²) in [5.74, 6) is 1.07. The smallest absolute Gasteiger partial charge is 0.313 e. The molecule has 5 saturated carbocycles. The van der Waals surface area contributed by atoms with E-state index >= 15 is 0 Å². The summed E-state index contributed by atoms with van der Waals surface area (Å²) in [7, 11) is 0. The number of rotatable bonds is 0. The van der Waals surface area contributed by atoms with Crippen molar-refractivity contribution >= 4 is 17.5 Å². The van der Waals surface area contributed by atoms with Crippen molar-refractivity contribution in [2.75, 3.05) is 0 Å². The third kappa shape index (κ3) is 2.23. The number of carbonyl (C=O) groups is 3. The van der Waals surface area contributed by atoms with Crippen molar-refractivity contribution in [2.45, 2.75) is 118 Å². The Bertz CT molecular complexity index is 1010. The molecule has 0 aromatic heterocycles. The lowest BCUT2D eigenvalue weighted by atomic mass is 9.30. The van der Waals surface area contributed by atoms with Crippen LogP contribution in [0.25, 0.3) is 0 Å². The van der Waals surface area contributed by atoms with Crippen LogP contribution in [0.3, 0.4) is 0 Å². The Morgan fingerprint density at radius 1 is 0.735 bits per heavy atom. The van der Waals surface area contributed by atoms with Crippen LogP contribution in [0.15, 0.2) is 0 Å². The van der Waals surface area contributed by atoms with Crippen molar-refractivity contribution in [1.82, 2.24) is 0 Å². The van der Waals surface area contributed by atoms with Gasteiger partial charge in [-0.05, 0) is 79.4 Å². The molecule has 0 aromatic rings. The van der Waals surface area contributed by atoms with Crippen LogP contribution in [0.4, 0.5) is 0 Å². The Hall–Kier alpha value is -1.19. The highest BCUT2D eigenvalue weighted by Gasteiger charge is 2.83. The molecule has 1 spiro atoms. The molecule has 4 nitrogen and oxygen atoms in total. The Balaban J connectivity index is 1.50. The number of hydrogen-bond acceptors (Lipinski definition) is 4. The summed E-state index contributed by atoms with van der Waals surface area (Å²) in [6, 6.07) is 0. The molecule has 0 amide bonds. The maximum atomic E-state index is 14.5. The zero-order chi connectivity index (χ0) is 24.7. The third-order valence-corrected chi connectivity index (χ3v) is 13.6. The van der Waals surface area contributed by atoms with Gasteiger partial charge in [-0.1, -0.05) is 48.5 Å². The Morgan fingerprint density at radius 3 is 2.12 bits per heavy atom. The number of carbonyl (C=O) groups excluding carboxylic acids is 3. The fourth-order valence-electron chi connectivity index (χ4n) is 11.3. The second-order valence-electron chi connectivity index (χ2n) is 15.4. The molecular weight excluding hydrogens is 424 g/mol. The first-order valence-electron chi connectivity index (χ1n) is 13.9. The zero-order valence-corrected chi connectivity index (χ0v) is 22.4. The van der Waals surface area contributed by atoms with E-state index in [4.69, 9.17) is 4.74 Å². The van der Waals surface area contributed by atoms with E-state index in [1.54, 1.807) is 0 Å². The second kappa shape index (κ2) is 6.20. The Labute approximate surface area is 205 Å². The molecule has 6 fully saturated rings. The van der Waals surface area contributed by atoms with Gasteiger partial charge in [0.25, 0.3) is 0 Å². The van der Waals surface area contributed by atoms with Gasteiger partial charge in [0.05, 0.1) is 5.41 Å². The van der Waals surface area contributed by atoms with Crippen LogP contribution in [-0.2, 0) is 19.1 Å². The molecule has 0 aromatic carbocycles. The molecule has 188 valence electrons. The first kappa shape index (κ1) is 23.2. The van der Waals surface area contributed by atoms with Gasteiger partial charge in [-0.25, -0.2) is 0 Å². The Morgan fingerprint density at radius 2 is 1.41 bits per heavy atom. The number of hydrogen-bond donors (Lipinski definition) is 0. The fraction of sp³-hybridized carbons (Fsp3) is 0.900. The van der Waals surface area contributed by atoms with Crippen LogP contribution in [0.5, 0.6) is 0 Å². The van der Waals surface area contributed by atoms with Crippen molar-refractivity contribution < 1.29 is 19.1 Å². The quantitative estimate of drug-likeness (QED) is 0.392. The van der Waals surface area contributed by atoms with Gasteiger partial charge in [0.15, 0.2) is 11.4 Å². The summed E-state index contributed by atoms with van der Waals surface area (Å²) in [5, 5.41) is 0. The molecule has 5 aliphatic carbocycles. The van der Waals surface area contributed by atoms with E-state index in [-0.39, 0.29) is 50.7 Å². The third-order valence-electron chi connectivity index (χ3n) is 13.6. The molecule has 1 heterocycles. The molecule has 1 aliphatic heterocycles. The molecule has 0 N–H and O–H groups in total. The summed E-state index contributed by atoms with van der Waals surface area (Å²) >= 11 is 0. The minimum Gasteiger partial charge on any atom is -0.450 e. The van der Waals surface area contributed by atoms with Crippen LogP contribution >= 0.6 is 0 Å². The molecule has 1 unspecified atom stereocenters. The zero-order valence-electron chi connectivity index (χ0n) is 22.4. The highest BCUT2D eigenvalue weighted by atomic mass is 16.6. The van der Waals surface area contributed by atoms with E-state index in [0.29, 0.717) is 24.5 Å². The molecule has 6 rings (SSSR count). The van der Waals surface area contributed by atoms with Gasteiger partial charge in [0.1, 0.15) is 5.78 Å². The maximum Gasteiger partial charge on any atom is 0.313 e. The van der Waals surface area contributed by atoms with Gasteiger partial charge in [-0.2, -0.15) is 0 Å². The lowest BCUT2D eigenvalue weighted by Crippen LogP contribution is -2.75. The lowest BCUT2D eigenvalue weighted by molar-refractivity contribution is -0.261. The van der Waals surface area contributed by atoms with Crippen LogP contribution in [0.1, 0.15) is 113 Å². The Kier molecular flexibility index (Phi) is 4.23. The summed E-state index contributed by atoms with van der Waals surface area (Å²) in [5.41, 5.74) is -2.09. The predicted molar refractivity (Wildman–Crippen MR) is 130 cm³/mol. The standard InChI is InChI=1S/C30H44O4/c1-24(2)12-14-29-15-13-28(7)27(6)11-8-18-25(3,4)21(31)9-10-26(18,5)19(27)16-22(32)30(28,20(29)17-24)34-23(29)33/h18-20H,8-17H2,1-7H3/t18-,19+,20?,26-,27+,28-,29-,30+/m0/s1. The summed E-state index contributed by atoms with van der Waals surface area (Å²) in [4.78, 5) is 41.1. The summed E-state index contributed by atoms with van der Waals surface area (Å²) in [6.07, 6.45) is 8.62. The average Bonchev–Trinajstić information content (AvgIpc) is 2.93. The highest BCUT2D eigenvalue weighted by Crippen LogP contribution is 2.79. The summed E-state index contributed by atoms with van der Waals surface area (Å²) < 4.78 is 6.52. The van der Waals surface area contributed by atoms with Gasteiger partial charge < -0.3 is 4.74 Å². The number of Topliss-reactive ketones (excluding diaryl/α,β-unsaturated/α-hetero) is 2. The first-order chi connectivity index (χ1) is 15.6. The molecule has 0 radical (unpaired) electrons. The van der Waals surface area contributed by atoms with Crippen molar-refractivity contribution in [1.29, 1.82) is 0 Å². The largest absolute Gasteiger partial charge is 0.450 e. The van der Waals surface area contributed by atoms with E-state index in [2.05, 4.69) is 48.5 Å². The van der Waals surface area contributed by atoms with E-state index in [9.17, 15) is 14.4 Å². The molecule has 34 heavy (non-hydrogen) atoms. The normalized spacial score (nSPS) is 54.9. The van der Waals surface area contributed by atoms with Crippen molar-refractivity contribution in [3.05, 3.63) is 0 Å².